The minimum atomic E-state index is -3.86. The summed E-state index contributed by atoms with van der Waals surface area (Å²) < 4.78 is 27.5. The molecule has 7 heteroatoms. The van der Waals surface area contributed by atoms with Crippen molar-refractivity contribution in [3.05, 3.63) is 95.0 Å². The molecule has 0 bridgehead atoms. The lowest BCUT2D eigenvalue weighted by molar-refractivity contribution is -0.116. The van der Waals surface area contributed by atoms with E-state index in [4.69, 9.17) is 11.6 Å². The Morgan fingerprint density at radius 2 is 1.55 bits per heavy atom. The van der Waals surface area contributed by atoms with Crippen molar-refractivity contribution in [2.24, 2.45) is 0 Å². The van der Waals surface area contributed by atoms with E-state index < -0.39 is 15.9 Å². The Morgan fingerprint density at radius 3 is 2.17 bits per heavy atom. The number of amides is 1. The van der Waals surface area contributed by atoms with Gasteiger partial charge in [0.2, 0.25) is 15.9 Å². The molecule has 0 spiro atoms. The van der Waals surface area contributed by atoms with Crippen LogP contribution < -0.4 is 5.32 Å². The van der Waals surface area contributed by atoms with Gasteiger partial charge in [-0.15, -0.1) is 0 Å². The average Bonchev–Trinajstić information content (AvgIpc) is 2.71. The fourth-order valence-corrected chi connectivity index (χ4v) is 4.29. The molecule has 0 atom stereocenters. The van der Waals surface area contributed by atoms with E-state index in [1.807, 2.05) is 19.1 Å². The van der Waals surface area contributed by atoms with Crippen LogP contribution in [0.4, 0.5) is 5.69 Å². The number of hydrogen-bond acceptors (Lipinski definition) is 3. The molecule has 0 saturated heterocycles. The molecule has 0 radical (unpaired) electrons. The summed E-state index contributed by atoms with van der Waals surface area (Å²) in [5.41, 5.74) is 2.42. The van der Waals surface area contributed by atoms with Gasteiger partial charge in [0.25, 0.3) is 0 Å². The zero-order valence-electron chi connectivity index (χ0n) is 15.9. The highest BCUT2D eigenvalue weighted by Gasteiger charge is 2.26. The van der Waals surface area contributed by atoms with Crippen LogP contribution in [0.25, 0.3) is 0 Å². The second-order valence-electron chi connectivity index (χ2n) is 6.63. The number of hydrogen-bond donors (Lipinski definition) is 1. The van der Waals surface area contributed by atoms with E-state index in [0.717, 1.165) is 15.4 Å². The molecule has 3 aromatic rings. The number of anilines is 1. The Labute approximate surface area is 176 Å². The molecular weight excluding hydrogens is 408 g/mol. The Balaban J connectivity index is 1.84. The van der Waals surface area contributed by atoms with Gasteiger partial charge >= 0.3 is 0 Å². The minimum absolute atomic E-state index is 0.0513. The summed E-state index contributed by atoms with van der Waals surface area (Å²) in [6.45, 7) is 1.69. The first-order valence-corrected chi connectivity index (χ1v) is 10.8. The quantitative estimate of drug-likeness (QED) is 0.603. The summed E-state index contributed by atoms with van der Waals surface area (Å²) >= 11 is 5.92. The maximum Gasteiger partial charge on any atom is 0.243 e. The molecule has 5 nitrogen and oxygen atoms in total. The van der Waals surface area contributed by atoms with Gasteiger partial charge in [0.05, 0.1) is 11.4 Å². The predicted molar refractivity (Wildman–Crippen MR) is 115 cm³/mol. The average molecular weight is 429 g/mol. The number of nitrogens with zero attached hydrogens (tertiary/aromatic N) is 1. The van der Waals surface area contributed by atoms with E-state index in [9.17, 15) is 13.2 Å². The molecule has 0 aliphatic carbocycles. The Hall–Kier alpha value is -2.67. The van der Waals surface area contributed by atoms with Gasteiger partial charge in [0, 0.05) is 17.3 Å². The summed E-state index contributed by atoms with van der Waals surface area (Å²) in [6.07, 6.45) is 0. The predicted octanol–water partition coefficient (Wildman–Crippen LogP) is 4.48. The summed E-state index contributed by atoms with van der Waals surface area (Å²) in [7, 11) is -3.86. The third kappa shape index (κ3) is 5.67. The maximum atomic E-state index is 13.2. The first kappa shape index (κ1) is 21.0. The molecule has 3 aromatic carbocycles. The van der Waals surface area contributed by atoms with Gasteiger partial charge < -0.3 is 5.32 Å². The Kier molecular flexibility index (Phi) is 6.69. The van der Waals surface area contributed by atoms with Crippen molar-refractivity contribution in [2.75, 3.05) is 11.9 Å². The molecule has 0 aliphatic heterocycles. The molecular formula is C22H21ClN2O3S. The summed E-state index contributed by atoms with van der Waals surface area (Å²) in [4.78, 5) is 12.7. The summed E-state index contributed by atoms with van der Waals surface area (Å²) in [5, 5.41) is 3.31. The number of sulfonamides is 1. The number of carbonyl (C=O) groups is 1. The first-order chi connectivity index (χ1) is 13.8. The summed E-state index contributed by atoms with van der Waals surface area (Å²) in [6, 6.07) is 22.3. The molecule has 1 N–H and O–H groups in total. The van der Waals surface area contributed by atoms with Crippen LogP contribution in [0.2, 0.25) is 5.02 Å². The van der Waals surface area contributed by atoms with E-state index in [0.29, 0.717) is 10.7 Å². The van der Waals surface area contributed by atoms with Gasteiger partial charge in [-0.1, -0.05) is 59.6 Å². The normalized spacial score (nSPS) is 11.4. The molecule has 0 aliphatic rings. The van der Waals surface area contributed by atoms with Crippen LogP contribution in [0.1, 0.15) is 11.1 Å². The lowest BCUT2D eigenvalue weighted by atomic mass is 10.2. The lowest BCUT2D eigenvalue weighted by Crippen LogP contribution is -2.37. The minimum Gasteiger partial charge on any atom is -0.325 e. The van der Waals surface area contributed by atoms with Gasteiger partial charge in [-0.05, 0) is 48.9 Å². The van der Waals surface area contributed by atoms with E-state index >= 15 is 0 Å². The van der Waals surface area contributed by atoms with Crippen molar-refractivity contribution in [1.82, 2.24) is 4.31 Å². The van der Waals surface area contributed by atoms with E-state index in [1.165, 1.54) is 12.1 Å². The third-order valence-electron chi connectivity index (χ3n) is 4.31. The number of rotatable bonds is 7. The zero-order valence-corrected chi connectivity index (χ0v) is 17.5. The van der Waals surface area contributed by atoms with Crippen LogP contribution in [0.5, 0.6) is 0 Å². The van der Waals surface area contributed by atoms with Gasteiger partial charge in [0.15, 0.2) is 0 Å². The largest absolute Gasteiger partial charge is 0.325 e. The van der Waals surface area contributed by atoms with Gasteiger partial charge in [-0.25, -0.2) is 8.42 Å². The van der Waals surface area contributed by atoms with Crippen molar-refractivity contribution in [3.63, 3.8) is 0 Å². The second kappa shape index (κ2) is 9.22. The number of halogens is 1. The van der Waals surface area contributed by atoms with Crippen LogP contribution >= 0.6 is 11.6 Å². The van der Waals surface area contributed by atoms with Gasteiger partial charge in [-0.2, -0.15) is 4.31 Å². The van der Waals surface area contributed by atoms with Gasteiger partial charge in [-0.3, -0.25) is 4.79 Å². The van der Waals surface area contributed by atoms with Crippen molar-refractivity contribution in [2.45, 2.75) is 18.4 Å². The van der Waals surface area contributed by atoms with Crippen molar-refractivity contribution in [3.8, 4) is 0 Å². The molecule has 29 heavy (non-hydrogen) atoms. The molecule has 0 aromatic heterocycles. The number of benzene rings is 3. The molecule has 0 saturated carbocycles. The fraction of sp³-hybridized carbons (Fsp3) is 0.136. The second-order valence-corrected chi connectivity index (χ2v) is 9.00. The molecule has 0 fully saturated rings. The molecule has 150 valence electrons. The fourth-order valence-electron chi connectivity index (χ4n) is 2.76. The molecule has 3 rings (SSSR count). The van der Waals surface area contributed by atoms with Crippen molar-refractivity contribution in [1.29, 1.82) is 0 Å². The summed E-state index contributed by atoms with van der Waals surface area (Å²) in [5.74, 6) is -0.415. The van der Waals surface area contributed by atoms with Crippen LogP contribution in [0.15, 0.2) is 83.8 Å². The number of aryl methyl sites for hydroxylation is 1. The van der Waals surface area contributed by atoms with Crippen molar-refractivity contribution >= 4 is 33.2 Å². The molecule has 0 unspecified atom stereocenters. The Morgan fingerprint density at radius 1 is 0.931 bits per heavy atom. The highest BCUT2D eigenvalue weighted by atomic mass is 35.5. The van der Waals surface area contributed by atoms with Gasteiger partial charge in [0.1, 0.15) is 0 Å². The SMILES string of the molecule is Cc1ccc(NC(=O)CN(Cc2ccc(Cl)cc2)S(=O)(=O)c2ccccc2)cc1. The standard InChI is InChI=1S/C22H21ClN2O3S/c1-17-7-13-20(14-8-17)24-22(26)16-25(15-18-9-11-19(23)12-10-18)29(27,28)21-5-3-2-4-6-21/h2-14H,15-16H2,1H3,(H,24,26). The highest BCUT2D eigenvalue weighted by molar-refractivity contribution is 7.89. The van der Waals surface area contributed by atoms with Crippen LogP contribution in [-0.4, -0.2) is 25.2 Å². The molecule has 1 amide bonds. The topological polar surface area (TPSA) is 66.5 Å². The monoisotopic (exact) mass is 428 g/mol. The van der Waals surface area contributed by atoms with Crippen molar-refractivity contribution < 1.29 is 13.2 Å². The smallest absolute Gasteiger partial charge is 0.243 e. The van der Waals surface area contributed by atoms with E-state index in [1.54, 1.807) is 54.6 Å². The zero-order chi connectivity index (χ0) is 20.9. The van der Waals surface area contributed by atoms with E-state index in [2.05, 4.69) is 5.32 Å². The molecule has 0 heterocycles. The maximum absolute atomic E-state index is 13.2. The Bertz CT molecular complexity index is 1070. The van der Waals surface area contributed by atoms with Crippen LogP contribution in [0, 0.1) is 6.92 Å². The highest BCUT2D eigenvalue weighted by Crippen LogP contribution is 2.20. The van der Waals surface area contributed by atoms with E-state index in [-0.39, 0.29) is 18.0 Å². The number of nitrogens with one attached hydrogen (secondary N) is 1. The lowest BCUT2D eigenvalue weighted by Gasteiger charge is -2.22. The van der Waals surface area contributed by atoms with Crippen LogP contribution in [-0.2, 0) is 21.4 Å². The third-order valence-corrected chi connectivity index (χ3v) is 6.37. The van der Waals surface area contributed by atoms with Crippen LogP contribution in [0.3, 0.4) is 0 Å². The number of carbonyl (C=O) groups excluding carboxylic acids is 1. The first-order valence-electron chi connectivity index (χ1n) is 9.01.